The molecule has 0 N–H and O–H groups in total. The molecular weight excluding hydrogens is 1370 g/mol. The maximum Gasteiger partial charge on any atom is 0.148 e. The topological polar surface area (TPSA) is 92.3 Å². The second-order valence-corrected chi connectivity index (χ2v) is 37.1. The number of benzene rings is 5. The second-order valence-electron chi connectivity index (χ2n) is 37.1. The molecule has 9 fully saturated rings. The molecule has 0 spiro atoms. The summed E-state index contributed by atoms with van der Waals surface area (Å²) in [4.78, 5) is 0. The molecule has 10 heteroatoms. The summed E-state index contributed by atoms with van der Waals surface area (Å²) in [6.07, 6.45) is 64.9. The Kier molecular flexibility index (Phi) is 30.1. The van der Waals surface area contributed by atoms with Crippen LogP contribution in [0, 0.1) is 65.6 Å². The van der Waals surface area contributed by atoms with Crippen molar-refractivity contribution in [2.24, 2.45) is 53.3 Å². The summed E-state index contributed by atoms with van der Waals surface area (Å²) in [7, 11) is 0. The molecule has 9 saturated carbocycles. The van der Waals surface area contributed by atoms with E-state index in [1.807, 2.05) is 0 Å². The van der Waals surface area contributed by atoms with Gasteiger partial charge in [0.1, 0.15) is 64.1 Å². The molecule has 0 amide bonds. The summed E-state index contributed by atoms with van der Waals surface area (Å²) in [5.41, 5.74) is 11.0. The van der Waals surface area contributed by atoms with Crippen molar-refractivity contribution in [1.82, 2.24) is 0 Å². The Bertz CT molecular complexity index is 3670. The Labute approximate surface area is 670 Å². The molecule has 604 valence electrons. The lowest BCUT2D eigenvalue weighted by atomic mass is 9.89. The maximum atomic E-state index is 7.53. The lowest BCUT2D eigenvalue weighted by Crippen LogP contribution is -2.18. The highest BCUT2D eigenvalue weighted by molar-refractivity contribution is 5.60. The molecule has 19 aliphatic rings. The van der Waals surface area contributed by atoms with Crippen molar-refractivity contribution in [3.63, 3.8) is 0 Å². The van der Waals surface area contributed by atoms with Crippen molar-refractivity contribution in [2.45, 2.75) is 321 Å². The fourth-order valence-electron chi connectivity index (χ4n) is 21.1. The normalized spacial score (nSPS) is 21.0. The first-order valence-corrected chi connectivity index (χ1v) is 46.4. The number of ether oxygens (including phenoxy) is 10. The van der Waals surface area contributed by atoms with Crippen LogP contribution in [0.1, 0.15) is 345 Å². The molecule has 111 heavy (non-hydrogen) atoms. The molecule has 19 aliphatic carbocycles. The number of rotatable bonds is 29. The Balaban J connectivity index is 0.952. The third-order valence-electron chi connectivity index (χ3n) is 28.2. The van der Waals surface area contributed by atoms with Crippen LogP contribution >= 0.6 is 0 Å². The minimum Gasteiger partial charge on any atom is -0.493 e. The van der Waals surface area contributed by atoms with Crippen molar-refractivity contribution >= 4 is 0 Å². The SMILES string of the molecule is C#CCOc1cc2c(OCC3CCCCC3)cc1Cc1cc(OCC3CCCCC3)c(cc1OCC1CCCCC1)Cc1cc(OCC3CCCCC3)c(cc1OCC1CCCCC1)Cc1cc(OCC3CCCCC3)c(cc1OCC1CCCCC1)Cc1cc(OCC3CCCCC3)c(cc1OCC1CCCCC1)C2. The summed E-state index contributed by atoms with van der Waals surface area (Å²) in [5, 5.41) is 0. The van der Waals surface area contributed by atoms with Gasteiger partial charge in [0.05, 0.1) is 59.5 Å². The molecule has 0 heterocycles. The van der Waals surface area contributed by atoms with E-state index in [1.54, 1.807) is 0 Å². The zero-order valence-electron chi connectivity index (χ0n) is 68.6. The van der Waals surface area contributed by atoms with Crippen LogP contribution in [-0.2, 0) is 32.1 Å². The van der Waals surface area contributed by atoms with Crippen molar-refractivity contribution in [3.8, 4) is 69.8 Å². The zero-order valence-corrected chi connectivity index (χ0v) is 68.6. The maximum absolute atomic E-state index is 7.53. The van der Waals surface area contributed by atoms with Gasteiger partial charge in [-0.15, -0.1) is 6.42 Å². The minimum atomic E-state index is 0.134. The Morgan fingerprint density at radius 1 is 0.180 bits per heavy atom. The van der Waals surface area contributed by atoms with Crippen LogP contribution in [0.2, 0.25) is 0 Å². The number of hydrogen-bond donors (Lipinski definition) is 0. The van der Waals surface area contributed by atoms with Crippen molar-refractivity contribution < 1.29 is 47.4 Å². The van der Waals surface area contributed by atoms with Gasteiger partial charge in [-0.25, -0.2) is 0 Å². The minimum absolute atomic E-state index is 0.134. The van der Waals surface area contributed by atoms with Gasteiger partial charge in [0.15, 0.2) is 0 Å². The Hall–Kier alpha value is -6.34. The third kappa shape index (κ3) is 23.2. The standard InChI is InChI=1S/C101H140O10/c1-2-48-102-92-54-83-50-85-57-97(107-68-77-38-20-7-21-39-77)87(59-96(85)106-67-76-36-18-6-19-37-76)52-89-61-101(111-72-81-46-28-11-29-47-81)91(63-100(89)110-71-80-44-26-10-27-45-80)53-90-62-98(108-69-78-40-22-8-23-41-78)88(60-99(90)109-70-79-42-24-9-25-43-79)51-86-58-94(104-65-74-32-14-4-15-33-74)84(56-95(86)105-66-75-34-16-5-17-35-75)49-82(92)55-93(83)103-64-73-30-12-3-13-31-73/h1,54-63,73-81H,3-53,64-72H2. The van der Waals surface area contributed by atoms with Gasteiger partial charge in [-0.1, -0.05) is 179 Å². The van der Waals surface area contributed by atoms with E-state index < -0.39 is 0 Å². The summed E-state index contributed by atoms with van der Waals surface area (Å²) in [5.74, 6) is 16.5. The average molecular weight is 1510 g/mol. The van der Waals surface area contributed by atoms with Crippen molar-refractivity contribution in [1.29, 1.82) is 0 Å². The molecule has 24 rings (SSSR count). The van der Waals surface area contributed by atoms with Crippen LogP contribution in [-0.4, -0.2) is 66.1 Å². The van der Waals surface area contributed by atoms with Crippen LogP contribution in [0.15, 0.2) is 60.7 Å². The van der Waals surface area contributed by atoms with Gasteiger partial charge in [-0.2, -0.15) is 0 Å². The number of terminal acetylenes is 1. The first-order chi connectivity index (χ1) is 54.9. The molecule has 0 aromatic heterocycles. The van der Waals surface area contributed by atoms with Gasteiger partial charge in [0.2, 0.25) is 0 Å². The summed E-state index contributed by atoms with van der Waals surface area (Å²) >= 11 is 0. The van der Waals surface area contributed by atoms with Gasteiger partial charge in [0, 0.05) is 87.7 Å². The van der Waals surface area contributed by atoms with Crippen molar-refractivity contribution in [3.05, 3.63) is 116 Å². The first kappa shape index (κ1) is 79.9. The fraction of sp³-hybridized carbons (Fsp3) is 0.683. The molecule has 5 aromatic rings. The highest BCUT2D eigenvalue weighted by Crippen LogP contribution is 2.47. The van der Waals surface area contributed by atoms with Gasteiger partial charge in [-0.3, -0.25) is 0 Å². The molecular formula is C101H140O10. The summed E-state index contributed by atoms with van der Waals surface area (Å²) in [6, 6.07) is 23.8. The predicted molar refractivity (Wildman–Crippen MR) is 449 cm³/mol. The van der Waals surface area contributed by atoms with Crippen LogP contribution in [0.3, 0.4) is 0 Å². The molecule has 0 unspecified atom stereocenters. The van der Waals surface area contributed by atoms with E-state index in [4.69, 9.17) is 53.8 Å². The lowest BCUT2D eigenvalue weighted by Gasteiger charge is -2.27. The van der Waals surface area contributed by atoms with E-state index in [0.29, 0.717) is 145 Å². The molecule has 0 atom stereocenters. The van der Waals surface area contributed by atoms with Gasteiger partial charge in [-0.05, 0) is 229 Å². The summed E-state index contributed by atoms with van der Waals surface area (Å²) in [6.45, 7) is 6.26. The Morgan fingerprint density at radius 3 is 0.414 bits per heavy atom. The van der Waals surface area contributed by atoms with Crippen LogP contribution in [0.5, 0.6) is 57.5 Å². The van der Waals surface area contributed by atoms with E-state index in [2.05, 4.69) is 66.6 Å². The third-order valence-corrected chi connectivity index (χ3v) is 28.2. The van der Waals surface area contributed by atoms with Gasteiger partial charge in [0.25, 0.3) is 0 Å². The molecule has 0 saturated heterocycles. The largest absolute Gasteiger partial charge is 0.493 e. The van der Waals surface area contributed by atoms with Crippen LogP contribution in [0.25, 0.3) is 0 Å². The van der Waals surface area contributed by atoms with Gasteiger partial charge < -0.3 is 47.4 Å². The lowest BCUT2D eigenvalue weighted by molar-refractivity contribution is 0.200. The van der Waals surface area contributed by atoms with Crippen LogP contribution < -0.4 is 47.4 Å². The zero-order chi connectivity index (χ0) is 75.0. The highest BCUT2D eigenvalue weighted by Gasteiger charge is 2.31. The Morgan fingerprint density at radius 2 is 0.297 bits per heavy atom. The molecule has 10 bridgehead atoms. The second kappa shape index (κ2) is 41.8. The van der Waals surface area contributed by atoms with Gasteiger partial charge >= 0.3 is 0 Å². The predicted octanol–water partition coefficient (Wildman–Crippen LogP) is 25.6. The monoisotopic (exact) mass is 1510 g/mol. The molecule has 0 aliphatic heterocycles. The van der Waals surface area contributed by atoms with Crippen molar-refractivity contribution in [2.75, 3.05) is 66.1 Å². The fourth-order valence-corrected chi connectivity index (χ4v) is 21.1. The number of hydrogen-bond acceptors (Lipinski definition) is 10. The van der Waals surface area contributed by atoms with E-state index >= 15 is 0 Å². The molecule has 5 aromatic carbocycles. The summed E-state index contributed by atoms with van der Waals surface area (Å²) < 4.78 is 74.4. The molecule has 10 nitrogen and oxygen atoms in total. The van der Waals surface area contributed by atoms with E-state index in [9.17, 15) is 0 Å². The smallest absolute Gasteiger partial charge is 0.148 e. The molecule has 0 radical (unpaired) electrons. The average Bonchev–Trinajstić information content (AvgIpc) is 1.25. The van der Waals surface area contributed by atoms with E-state index in [-0.39, 0.29) is 6.61 Å². The van der Waals surface area contributed by atoms with E-state index in [1.165, 1.54) is 289 Å². The van der Waals surface area contributed by atoms with E-state index in [0.717, 1.165) is 113 Å². The first-order valence-electron chi connectivity index (χ1n) is 46.4. The van der Waals surface area contributed by atoms with Crippen LogP contribution in [0.4, 0.5) is 0 Å². The quantitative estimate of drug-likeness (QED) is 0.0423. The highest BCUT2D eigenvalue weighted by atomic mass is 16.5.